The summed E-state index contributed by atoms with van der Waals surface area (Å²) < 4.78 is 5.33. The van der Waals surface area contributed by atoms with Crippen molar-refractivity contribution in [2.24, 2.45) is 5.73 Å². The molecular weight excluding hydrogens is 302 g/mol. The Bertz CT molecular complexity index is 637. The predicted octanol–water partition coefficient (Wildman–Crippen LogP) is 1.71. The first kappa shape index (κ1) is 16.8. The summed E-state index contributed by atoms with van der Waals surface area (Å²) in [5, 5.41) is 1.13. The Kier molecular flexibility index (Phi) is 5.45. The fourth-order valence-electron chi connectivity index (χ4n) is 2.89. The van der Waals surface area contributed by atoms with Crippen LogP contribution in [0.3, 0.4) is 0 Å². The highest BCUT2D eigenvalue weighted by molar-refractivity contribution is 5.86. The number of H-pyrrole nitrogens is 1. The molecule has 1 aliphatic heterocycles. The highest BCUT2D eigenvalue weighted by Crippen LogP contribution is 2.19. The van der Waals surface area contributed by atoms with Crippen LogP contribution in [0, 0.1) is 0 Å². The third kappa shape index (κ3) is 3.27. The van der Waals surface area contributed by atoms with Gasteiger partial charge in [0.1, 0.15) is 0 Å². The molecule has 0 radical (unpaired) electrons. The van der Waals surface area contributed by atoms with E-state index >= 15 is 0 Å². The Morgan fingerprint density at radius 1 is 1.50 bits per heavy atom. The zero-order valence-corrected chi connectivity index (χ0v) is 13.4. The normalized spacial score (nSPS) is 18.9. The molecule has 0 aliphatic carbocycles. The number of halogens is 1. The van der Waals surface area contributed by atoms with Crippen LogP contribution >= 0.6 is 12.4 Å². The minimum atomic E-state index is -0.519. The number of fused-ring (bicyclic) bond motifs is 1. The summed E-state index contributed by atoms with van der Waals surface area (Å²) in [5.41, 5.74) is 8.28. The van der Waals surface area contributed by atoms with Crippen molar-refractivity contribution in [1.29, 1.82) is 0 Å². The first-order valence-corrected chi connectivity index (χ1v) is 7.32. The standard InChI is InChI=1S/C16H21N3O2.ClH/c1-19(12-6-7-21-10-12)16(20)14(17)8-11-9-18-15-5-3-2-4-13(11)15;/h2-5,9,12,14,18H,6-8,10,17H2,1H3;1H/t12?,14-;/m0./s1. The van der Waals surface area contributed by atoms with Gasteiger partial charge in [-0.15, -0.1) is 12.4 Å². The molecule has 1 aromatic carbocycles. The Balaban J connectivity index is 0.00000176. The van der Waals surface area contributed by atoms with Gasteiger partial charge in [0.05, 0.1) is 18.7 Å². The van der Waals surface area contributed by atoms with E-state index in [-0.39, 0.29) is 24.4 Å². The second kappa shape index (κ2) is 7.13. The number of nitrogens with zero attached hydrogens (tertiary/aromatic N) is 1. The Labute approximate surface area is 136 Å². The highest BCUT2D eigenvalue weighted by atomic mass is 35.5. The summed E-state index contributed by atoms with van der Waals surface area (Å²) in [5.74, 6) is -0.0178. The molecule has 1 aromatic heterocycles. The number of para-hydroxylation sites is 1. The van der Waals surface area contributed by atoms with Gasteiger partial charge in [0.25, 0.3) is 0 Å². The van der Waals surface area contributed by atoms with E-state index in [1.54, 1.807) is 4.90 Å². The Morgan fingerprint density at radius 2 is 2.27 bits per heavy atom. The van der Waals surface area contributed by atoms with Gasteiger partial charge in [-0.3, -0.25) is 4.79 Å². The van der Waals surface area contributed by atoms with Gasteiger partial charge < -0.3 is 20.4 Å². The van der Waals surface area contributed by atoms with Crippen molar-refractivity contribution >= 4 is 29.2 Å². The molecule has 1 aliphatic rings. The van der Waals surface area contributed by atoms with Crippen molar-refractivity contribution < 1.29 is 9.53 Å². The molecule has 2 heterocycles. The summed E-state index contributed by atoms with van der Waals surface area (Å²) in [4.78, 5) is 17.4. The van der Waals surface area contributed by atoms with Gasteiger partial charge in [0, 0.05) is 30.8 Å². The molecule has 1 fully saturated rings. The molecule has 6 heteroatoms. The fraction of sp³-hybridized carbons (Fsp3) is 0.438. The number of ether oxygens (including phenoxy) is 1. The second-order valence-electron chi connectivity index (χ2n) is 5.64. The van der Waals surface area contributed by atoms with E-state index in [9.17, 15) is 4.79 Å². The smallest absolute Gasteiger partial charge is 0.239 e. The van der Waals surface area contributed by atoms with Crippen LogP contribution < -0.4 is 5.73 Å². The van der Waals surface area contributed by atoms with Crippen LogP contribution in [-0.2, 0) is 16.0 Å². The highest BCUT2D eigenvalue weighted by Gasteiger charge is 2.27. The van der Waals surface area contributed by atoms with Crippen LogP contribution in [-0.4, -0.2) is 48.1 Å². The van der Waals surface area contributed by atoms with Crippen molar-refractivity contribution in [2.45, 2.75) is 24.9 Å². The monoisotopic (exact) mass is 323 g/mol. The maximum absolute atomic E-state index is 12.4. The molecule has 1 saturated heterocycles. The lowest BCUT2D eigenvalue weighted by atomic mass is 10.0. The summed E-state index contributed by atoms with van der Waals surface area (Å²) >= 11 is 0. The first-order chi connectivity index (χ1) is 10.2. The number of hydrogen-bond acceptors (Lipinski definition) is 3. The van der Waals surface area contributed by atoms with E-state index in [4.69, 9.17) is 10.5 Å². The van der Waals surface area contributed by atoms with Gasteiger partial charge >= 0.3 is 0 Å². The molecule has 2 atom stereocenters. The predicted molar refractivity (Wildman–Crippen MR) is 89.2 cm³/mol. The summed E-state index contributed by atoms with van der Waals surface area (Å²) in [6, 6.07) is 7.69. The van der Waals surface area contributed by atoms with Crippen LogP contribution in [0.2, 0.25) is 0 Å². The van der Waals surface area contributed by atoms with E-state index in [0.29, 0.717) is 13.0 Å². The number of aromatic amines is 1. The van der Waals surface area contributed by atoms with E-state index in [1.807, 2.05) is 37.5 Å². The number of likely N-dealkylation sites (N-methyl/N-ethyl adjacent to an activating group) is 1. The average molecular weight is 324 g/mol. The Hall–Kier alpha value is -1.56. The van der Waals surface area contributed by atoms with Crippen molar-refractivity contribution in [1.82, 2.24) is 9.88 Å². The third-order valence-corrected chi connectivity index (χ3v) is 4.23. The number of carbonyl (C=O) groups excluding carboxylic acids is 1. The molecule has 5 nitrogen and oxygen atoms in total. The topological polar surface area (TPSA) is 71.3 Å². The van der Waals surface area contributed by atoms with Gasteiger partial charge in [0.15, 0.2) is 0 Å². The number of carbonyl (C=O) groups is 1. The van der Waals surface area contributed by atoms with Crippen molar-refractivity contribution in [3.05, 3.63) is 36.0 Å². The van der Waals surface area contributed by atoms with E-state index < -0.39 is 6.04 Å². The lowest BCUT2D eigenvalue weighted by molar-refractivity contribution is -0.133. The van der Waals surface area contributed by atoms with Crippen LogP contribution in [0.1, 0.15) is 12.0 Å². The van der Waals surface area contributed by atoms with Crippen molar-refractivity contribution in [3.63, 3.8) is 0 Å². The molecule has 3 N–H and O–H groups in total. The molecule has 0 spiro atoms. The molecule has 22 heavy (non-hydrogen) atoms. The van der Waals surface area contributed by atoms with Gasteiger partial charge in [-0.05, 0) is 24.5 Å². The largest absolute Gasteiger partial charge is 0.379 e. The van der Waals surface area contributed by atoms with E-state index in [1.165, 1.54) is 0 Å². The summed E-state index contributed by atoms with van der Waals surface area (Å²) in [7, 11) is 1.82. The SMILES string of the molecule is CN(C(=O)[C@@H](N)Cc1c[nH]c2ccccc12)C1CCOC1.Cl. The number of hydrogen-bond donors (Lipinski definition) is 2. The molecule has 0 bridgehead atoms. The van der Waals surface area contributed by atoms with Crippen LogP contribution in [0.4, 0.5) is 0 Å². The maximum Gasteiger partial charge on any atom is 0.239 e. The van der Waals surface area contributed by atoms with Gasteiger partial charge in [-0.1, -0.05) is 18.2 Å². The second-order valence-corrected chi connectivity index (χ2v) is 5.64. The lowest BCUT2D eigenvalue weighted by Crippen LogP contribution is -2.47. The number of aromatic nitrogens is 1. The molecule has 0 saturated carbocycles. The third-order valence-electron chi connectivity index (χ3n) is 4.23. The van der Waals surface area contributed by atoms with Crippen molar-refractivity contribution in [2.75, 3.05) is 20.3 Å². The van der Waals surface area contributed by atoms with Crippen LogP contribution in [0.5, 0.6) is 0 Å². The fourth-order valence-corrected chi connectivity index (χ4v) is 2.89. The zero-order valence-electron chi connectivity index (χ0n) is 12.6. The summed E-state index contributed by atoms with van der Waals surface area (Å²) in [6.45, 7) is 1.34. The minimum Gasteiger partial charge on any atom is -0.379 e. The number of amides is 1. The number of rotatable bonds is 4. The molecule has 1 unspecified atom stereocenters. The van der Waals surface area contributed by atoms with Crippen LogP contribution in [0.25, 0.3) is 10.9 Å². The molecule has 3 rings (SSSR count). The lowest BCUT2D eigenvalue weighted by Gasteiger charge is -2.26. The van der Waals surface area contributed by atoms with Gasteiger partial charge in [-0.25, -0.2) is 0 Å². The van der Waals surface area contributed by atoms with Crippen molar-refractivity contribution in [3.8, 4) is 0 Å². The first-order valence-electron chi connectivity index (χ1n) is 7.32. The summed E-state index contributed by atoms with van der Waals surface area (Å²) in [6.07, 6.45) is 3.37. The maximum atomic E-state index is 12.4. The number of benzene rings is 1. The quantitative estimate of drug-likeness (QED) is 0.899. The van der Waals surface area contributed by atoms with Gasteiger partial charge in [-0.2, -0.15) is 0 Å². The van der Waals surface area contributed by atoms with Crippen LogP contribution in [0.15, 0.2) is 30.5 Å². The molecule has 2 aromatic rings. The Morgan fingerprint density at radius 3 is 3.00 bits per heavy atom. The number of nitrogens with one attached hydrogen (secondary N) is 1. The van der Waals surface area contributed by atoms with Gasteiger partial charge in [0.2, 0.25) is 5.91 Å². The minimum absolute atomic E-state index is 0. The molecular formula is C16H22ClN3O2. The van der Waals surface area contributed by atoms with E-state index in [0.717, 1.165) is 29.5 Å². The molecule has 120 valence electrons. The average Bonchev–Trinajstić information content (AvgIpc) is 3.16. The zero-order chi connectivity index (χ0) is 14.8. The molecule has 1 amide bonds. The number of nitrogens with two attached hydrogens (primary N) is 1. The van der Waals surface area contributed by atoms with E-state index in [2.05, 4.69) is 4.98 Å².